The molecule has 0 saturated heterocycles. The van der Waals surface area contributed by atoms with Crippen molar-refractivity contribution in [1.29, 1.82) is 0 Å². The number of thiophene rings is 1. The van der Waals surface area contributed by atoms with Gasteiger partial charge in [0.1, 0.15) is 0 Å². The standard InChI is InChI=1S/C14H23NS2/c1-12(2)15(9-13-5-3-8-17-13)10-14(11-16)6-4-7-14/h3,5,8,12,16H,4,6-7,9-11H2,1-2H3. The Labute approximate surface area is 115 Å². The summed E-state index contributed by atoms with van der Waals surface area (Å²) in [4.78, 5) is 4.09. The Hall–Kier alpha value is 0.01000. The molecule has 0 spiro atoms. The van der Waals surface area contributed by atoms with Gasteiger partial charge in [-0.2, -0.15) is 12.6 Å². The van der Waals surface area contributed by atoms with Gasteiger partial charge in [-0.05, 0) is 49.3 Å². The van der Waals surface area contributed by atoms with Crippen LogP contribution in [0.3, 0.4) is 0 Å². The van der Waals surface area contributed by atoms with Gasteiger partial charge < -0.3 is 0 Å². The number of nitrogens with zero attached hydrogens (tertiary/aromatic N) is 1. The molecule has 1 aliphatic rings. The van der Waals surface area contributed by atoms with Gasteiger partial charge in [-0.15, -0.1) is 11.3 Å². The van der Waals surface area contributed by atoms with Crippen LogP contribution in [0.5, 0.6) is 0 Å². The first-order chi connectivity index (χ1) is 8.15. The Morgan fingerprint density at radius 1 is 1.47 bits per heavy atom. The van der Waals surface area contributed by atoms with Crippen molar-refractivity contribution in [2.75, 3.05) is 12.3 Å². The molecule has 0 radical (unpaired) electrons. The van der Waals surface area contributed by atoms with Gasteiger partial charge in [0.25, 0.3) is 0 Å². The van der Waals surface area contributed by atoms with E-state index in [1.54, 1.807) is 0 Å². The summed E-state index contributed by atoms with van der Waals surface area (Å²) >= 11 is 6.43. The van der Waals surface area contributed by atoms with E-state index in [1.165, 1.54) is 30.7 Å². The lowest BCUT2D eigenvalue weighted by Gasteiger charge is -2.45. The first-order valence-corrected chi connectivity index (χ1v) is 8.04. The molecule has 1 aliphatic carbocycles. The molecule has 0 unspecified atom stereocenters. The van der Waals surface area contributed by atoms with E-state index in [2.05, 4.69) is 48.9 Å². The average Bonchev–Trinajstić information content (AvgIpc) is 2.74. The quantitative estimate of drug-likeness (QED) is 0.762. The second kappa shape index (κ2) is 5.77. The third kappa shape index (κ3) is 3.27. The van der Waals surface area contributed by atoms with Crippen molar-refractivity contribution in [3.8, 4) is 0 Å². The Morgan fingerprint density at radius 2 is 2.24 bits per heavy atom. The lowest BCUT2D eigenvalue weighted by molar-refractivity contribution is 0.0683. The largest absolute Gasteiger partial charge is 0.295 e. The van der Waals surface area contributed by atoms with Crippen LogP contribution in [0.1, 0.15) is 38.0 Å². The van der Waals surface area contributed by atoms with Crippen LogP contribution in [0.25, 0.3) is 0 Å². The van der Waals surface area contributed by atoms with Crippen LogP contribution in [-0.4, -0.2) is 23.2 Å². The summed E-state index contributed by atoms with van der Waals surface area (Å²) in [6.07, 6.45) is 4.12. The predicted octanol–water partition coefficient (Wildman–Crippen LogP) is 4.06. The third-order valence-corrected chi connectivity index (χ3v) is 5.49. The Balaban J connectivity index is 1.97. The molecule has 1 fully saturated rings. The zero-order chi connectivity index (χ0) is 12.3. The van der Waals surface area contributed by atoms with Crippen molar-refractivity contribution < 1.29 is 0 Å². The highest BCUT2D eigenvalue weighted by Gasteiger charge is 2.37. The first-order valence-electron chi connectivity index (χ1n) is 6.52. The average molecular weight is 269 g/mol. The number of rotatable bonds is 6. The Morgan fingerprint density at radius 3 is 2.65 bits per heavy atom. The van der Waals surface area contributed by atoms with Gasteiger partial charge in [0.15, 0.2) is 0 Å². The SMILES string of the molecule is CC(C)N(Cc1cccs1)CC1(CS)CCC1. The van der Waals surface area contributed by atoms with Crippen LogP contribution < -0.4 is 0 Å². The molecule has 1 aromatic heterocycles. The molecule has 0 amide bonds. The van der Waals surface area contributed by atoms with Crippen molar-refractivity contribution in [2.24, 2.45) is 5.41 Å². The fourth-order valence-corrected chi connectivity index (χ4v) is 3.64. The van der Waals surface area contributed by atoms with Gasteiger partial charge in [0.05, 0.1) is 0 Å². The topological polar surface area (TPSA) is 3.24 Å². The summed E-state index contributed by atoms with van der Waals surface area (Å²) < 4.78 is 0. The summed E-state index contributed by atoms with van der Waals surface area (Å²) in [5.41, 5.74) is 0.505. The van der Waals surface area contributed by atoms with Gasteiger partial charge in [-0.3, -0.25) is 4.90 Å². The summed E-state index contributed by atoms with van der Waals surface area (Å²) in [6, 6.07) is 5.01. The Bertz CT molecular complexity index is 322. The molecule has 0 aliphatic heterocycles. The van der Waals surface area contributed by atoms with Crippen LogP contribution in [0.4, 0.5) is 0 Å². The molecule has 1 heterocycles. The number of hydrogen-bond donors (Lipinski definition) is 1. The fraction of sp³-hybridized carbons (Fsp3) is 0.714. The van der Waals surface area contributed by atoms with Crippen LogP contribution in [-0.2, 0) is 6.54 Å². The third-order valence-electron chi connectivity index (χ3n) is 3.96. The highest BCUT2D eigenvalue weighted by Crippen LogP contribution is 2.43. The van der Waals surface area contributed by atoms with Crippen molar-refractivity contribution in [1.82, 2.24) is 4.90 Å². The van der Waals surface area contributed by atoms with Crippen LogP contribution in [0.15, 0.2) is 17.5 Å². The molecular formula is C14H23NS2. The lowest BCUT2D eigenvalue weighted by Crippen LogP contribution is -2.45. The number of thiol groups is 1. The van der Waals surface area contributed by atoms with Crippen LogP contribution >= 0.6 is 24.0 Å². The van der Waals surface area contributed by atoms with Crippen molar-refractivity contribution in [2.45, 2.75) is 45.7 Å². The summed E-state index contributed by atoms with van der Waals surface area (Å²) in [7, 11) is 0. The van der Waals surface area contributed by atoms with E-state index in [0.29, 0.717) is 11.5 Å². The maximum Gasteiger partial charge on any atom is 0.0330 e. The minimum absolute atomic E-state index is 0.505. The van der Waals surface area contributed by atoms with E-state index in [1.807, 2.05) is 11.3 Å². The highest BCUT2D eigenvalue weighted by molar-refractivity contribution is 7.80. The predicted molar refractivity (Wildman–Crippen MR) is 80.0 cm³/mol. The second-order valence-electron chi connectivity index (χ2n) is 5.59. The van der Waals surface area contributed by atoms with E-state index in [4.69, 9.17) is 0 Å². The second-order valence-corrected chi connectivity index (χ2v) is 6.94. The molecule has 1 aromatic rings. The van der Waals surface area contributed by atoms with E-state index in [0.717, 1.165) is 12.3 Å². The maximum atomic E-state index is 4.57. The molecule has 0 bridgehead atoms. The van der Waals surface area contributed by atoms with Crippen molar-refractivity contribution in [3.63, 3.8) is 0 Å². The molecule has 17 heavy (non-hydrogen) atoms. The van der Waals surface area contributed by atoms with E-state index >= 15 is 0 Å². The normalized spacial score (nSPS) is 18.6. The highest BCUT2D eigenvalue weighted by atomic mass is 32.1. The summed E-state index contributed by atoms with van der Waals surface area (Å²) in [5.74, 6) is 1.04. The minimum Gasteiger partial charge on any atom is -0.295 e. The Kier molecular flexibility index (Phi) is 4.56. The van der Waals surface area contributed by atoms with Gasteiger partial charge in [0, 0.05) is 24.0 Å². The molecule has 3 heteroatoms. The lowest BCUT2D eigenvalue weighted by atomic mass is 9.70. The van der Waals surface area contributed by atoms with Crippen molar-refractivity contribution in [3.05, 3.63) is 22.4 Å². The van der Waals surface area contributed by atoms with Crippen molar-refractivity contribution >= 4 is 24.0 Å². The molecule has 1 saturated carbocycles. The monoisotopic (exact) mass is 269 g/mol. The maximum absolute atomic E-state index is 4.57. The molecule has 2 rings (SSSR count). The summed E-state index contributed by atoms with van der Waals surface area (Å²) in [5, 5.41) is 2.17. The first kappa shape index (κ1) is 13.4. The van der Waals surface area contributed by atoms with E-state index in [9.17, 15) is 0 Å². The van der Waals surface area contributed by atoms with Crippen LogP contribution in [0, 0.1) is 5.41 Å². The molecule has 96 valence electrons. The molecule has 0 N–H and O–H groups in total. The molecular weight excluding hydrogens is 246 g/mol. The van der Waals surface area contributed by atoms with Gasteiger partial charge in [-0.25, -0.2) is 0 Å². The molecule has 1 nitrogen and oxygen atoms in total. The fourth-order valence-electron chi connectivity index (χ4n) is 2.50. The smallest absolute Gasteiger partial charge is 0.0330 e. The zero-order valence-electron chi connectivity index (χ0n) is 10.9. The van der Waals surface area contributed by atoms with Gasteiger partial charge in [0.2, 0.25) is 0 Å². The van der Waals surface area contributed by atoms with Gasteiger partial charge >= 0.3 is 0 Å². The minimum atomic E-state index is 0.505. The number of hydrogen-bond acceptors (Lipinski definition) is 3. The molecule has 0 aromatic carbocycles. The summed E-state index contributed by atoms with van der Waals surface area (Å²) in [6.45, 7) is 6.92. The van der Waals surface area contributed by atoms with Crippen LogP contribution in [0.2, 0.25) is 0 Å². The molecule has 0 atom stereocenters. The van der Waals surface area contributed by atoms with Gasteiger partial charge in [-0.1, -0.05) is 12.5 Å². The van der Waals surface area contributed by atoms with E-state index < -0.39 is 0 Å². The zero-order valence-corrected chi connectivity index (χ0v) is 12.6. The van der Waals surface area contributed by atoms with E-state index in [-0.39, 0.29) is 0 Å².